The standard InChI is InChI=1S/C6H10N2O2/c1-4-3-7-6(9,10)8-5(4)2/h3,8-10H,1-2H3. The summed E-state index contributed by atoms with van der Waals surface area (Å²) in [7, 11) is 0. The smallest absolute Gasteiger partial charge is 0.330 e. The van der Waals surface area contributed by atoms with E-state index in [1.807, 2.05) is 6.92 Å². The van der Waals surface area contributed by atoms with Crippen LogP contribution < -0.4 is 5.32 Å². The summed E-state index contributed by atoms with van der Waals surface area (Å²) in [5.74, 6) is 0. The monoisotopic (exact) mass is 142 g/mol. The van der Waals surface area contributed by atoms with Gasteiger partial charge in [-0.15, -0.1) is 0 Å². The van der Waals surface area contributed by atoms with Crippen molar-refractivity contribution in [3.63, 3.8) is 0 Å². The van der Waals surface area contributed by atoms with Gasteiger partial charge in [0.2, 0.25) is 0 Å². The average Bonchev–Trinajstić information content (AvgIpc) is 1.79. The first-order valence-electron chi connectivity index (χ1n) is 2.97. The third-order valence-corrected chi connectivity index (χ3v) is 1.38. The molecule has 0 bridgehead atoms. The van der Waals surface area contributed by atoms with E-state index in [0.717, 1.165) is 11.3 Å². The summed E-state index contributed by atoms with van der Waals surface area (Å²) >= 11 is 0. The molecule has 0 amide bonds. The van der Waals surface area contributed by atoms with Crippen molar-refractivity contribution in [2.45, 2.75) is 19.9 Å². The second-order valence-corrected chi connectivity index (χ2v) is 2.33. The molecule has 0 saturated heterocycles. The second kappa shape index (κ2) is 2.07. The molecule has 0 atom stereocenters. The van der Waals surface area contributed by atoms with Crippen LogP contribution in [0.4, 0.5) is 0 Å². The van der Waals surface area contributed by atoms with Crippen LogP contribution in [0.2, 0.25) is 0 Å². The summed E-state index contributed by atoms with van der Waals surface area (Å²) in [5.41, 5.74) is 1.62. The Morgan fingerprint density at radius 3 is 2.50 bits per heavy atom. The molecule has 0 aromatic heterocycles. The third kappa shape index (κ3) is 1.34. The summed E-state index contributed by atoms with van der Waals surface area (Å²) in [6, 6.07) is -2.11. The maximum atomic E-state index is 8.88. The van der Waals surface area contributed by atoms with Gasteiger partial charge in [-0.2, -0.15) is 0 Å². The van der Waals surface area contributed by atoms with E-state index in [0.29, 0.717) is 0 Å². The van der Waals surface area contributed by atoms with E-state index in [4.69, 9.17) is 10.2 Å². The molecule has 10 heavy (non-hydrogen) atoms. The molecule has 1 heterocycles. The van der Waals surface area contributed by atoms with Gasteiger partial charge in [0.25, 0.3) is 0 Å². The third-order valence-electron chi connectivity index (χ3n) is 1.38. The summed E-state index contributed by atoms with van der Waals surface area (Å²) < 4.78 is 0. The van der Waals surface area contributed by atoms with E-state index in [1.54, 1.807) is 6.92 Å². The molecule has 4 nitrogen and oxygen atoms in total. The fourth-order valence-corrected chi connectivity index (χ4v) is 0.666. The lowest BCUT2D eigenvalue weighted by Gasteiger charge is -2.23. The zero-order chi connectivity index (χ0) is 7.78. The van der Waals surface area contributed by atoms with Crippen LogP contribution in [0.5, 0.6) is 0 Å². The maximum absolute atomic E-state index is 8.88. The van der Waals surface area contributed by atoms with Crippen molar-refractivity contribution in [2.75, 3.05) is 0 Å². The molecule has 0 saturated carbocycles. The number of hydrogen-bond acceptors (Lipinski definition) is 4. The van der Waals surface area contributed by atoms with Crippen molar-refractivity contribution in [3.8, 4) is 0 Å². The SMILES string of the molecule is CC1=C(C)NC(O)(O)N=C1. The molecule has 0 radical (unpaired) electrons. The lowest BCUT2D eigenvalue weighted by atomic mass is 10.2. The van der Waals surface area contributed by atoms with Crippen LogP contribution in [0.25, 0.3) is 0 Å². The molecule has 3 N–H and O–H groups in total. The van der Waals surface area contributed by atoms with Crippen molar-refractivity contribution in [3.05, 3.63) is 11.3 Å². The highest BCUT2D eigenvalue weighted by atomic mass is 16.5. The molecule has 0 aromatic rings. The van der Waals surface area contributed by atoms with Crippen LogP contribution in [-0.2, 0) is 0 Å². The van der Waals surface area contributed by atoms with Crippen molar-refractivity contribution < 1.29 is 10.2 Å². The van der Waals surface area contributed by atoms with E-state index in [-0.39, 0.29) is 0 Å². The normalized spacial score (nSPS) is 22.8. The van der Waals surface area contributed by atoms with Gasteiger partial charge in [0.05, 0.1) is 0 Å². The number of aliphatic hydroxyl groups is 2. The van der Waals surface area contributed by atoms with Gasteiger partial charge in [-0.3, -0.25) is 0 Å². The minimum Gasteiger partial charge on any atom is -0.330 e. The minimum absolute atomic E-state index is 0.722. The predicted octanol–water partition coefficient (Wildman–Crippen LogP) is -0.450. The Labute approximate surface area is 58.9 Å². The van der Waals surface area contributed by atoms with Gasteiger partial charge in [0, 0.05) is 11.9 Å². The Bertz CT molecular complexity index is 206. The topological polar surface area (TPSA) is 64.8 Å². The highest BCUT2D eigenvalue weighted by Gasteiger charge is 2.23. The first-order chi connectivity index (χ1) is 4.51. The number of nitrogens with one attached hydrogen (secondary N) is 1. The van der Waals surface area contributed by atoms with E-state index in [2.05, 4.69) is 10.3 Å². The van der Waals surface area contributed by atoms with Gasteiger partial charge in [-0.05, 0) is 19.4 Å². The molecule has 56 valence electrons. The lowest BCUT2D eigenvalue weighted by Crippen LogP contribution is -2.44. The number of allylic oxidation sites excluding steroid dienone is 2. The fourth-order valence-electron chi connectivity index (χ4n) is 0.666. The zero-order valence-corrected chi connectivity index (χ0v) is 5.92. The van der Waals surface area contributed by atoms with Crippen molar-refractivity contribution >= 4 is 6.21 Å². The molecule has 0 spiro atoms. The largest absolute Gasteiger partial charge is 0.353 e. The van der Waals surface area contributed by atoms with E-state index < -0.39 is 6.03 Å². The highest BCUT2D eigenvalue weighted by Crippen LogP contribution is 2.09. The Morgan fingerprint density at radius 2 is 2.10 bits per heavy atom. The summed E-state index contributed by atoms with van der Waals surface area (Å²) in [4.78, 5) is 3.41. The van der Waals surface area contributed by atoms with Crippen molar-refractivity contribution in [2.24, 2.45) is 4.99 Å². The number of rotatable bonds is 0. The van der Waals surface area contributed by atoms with Crippen LogP contribution in [0.15, 0.2) is 16.3 Å². The van der Waals surface area contributed by atoms with Crippen LogP contribution in [0.3, 0.4) is 0 Å². The lowest BCUT2D eigenvalue weighted by molar-refractivity contribution is -0.171. The second-order valence-electron chi connectivity index (χ2n) is 2.33. The molecular weight excluding hydrogens is 132 g/mol. The first-order valence-corrected chi connectivity index (χ1v) is 2.97. The van der Waals surface area contributed by atoms with Gasteiger partial charge in [-0.1, -0.05) is 0 Å². The Kier molecular flexibility index (Phi) is 1.50. The van der Waals surface area contributed by atoms with Crippen LogP contribution >= 0.6 is 0 Å². The van der Waals surface area contributed by atoms with E-state index in [9.17, 15) is 0 Å². The Morgan fingerprint density at radius 1 is 1.50 bits per heavy atom. The summed E-state index contributed by atoms with van der Waals surface area (Å²) in [6.07, 6.45) is 1.42. The number of hydrogen-bond donors (Lipinski definition) is 3. The molecular formula is C6H10N2O2. The Hall–Kier alpha value is -0.870. The van der Waals surface area contributed by atoms with Gasteiger partial charge >= 0.3 is 6.03 Å². The van der Waals surface area contributed by atoms with Crippen molar-refractivity contribution in [1.82, 2.24) is 5.32 Å². The molecule has 1 aliphatic heterocycles. The van der Waals surface area contributed by atoms with Gasteiger partial charge in [-0.25, -0.2) is 4.99 Å². The van der Waals surface area contributed by atoms with Crippen LogP contribution in [0.1, 0.15) is 13.8 Å². The summed E-state index contributed by atoms with van der Waals surface area (Å²) in [6.45, 7) is 3.59. The molecule has 1 aliphatic rings. The molecule has 4 heteroatoms. The van der Waals surface area contributed by atoms with E-state index in [1.165, 1.54) is 6.21 Å². The van der Waals surface area contributed by atoms with Gasteiger partial charge < -0.3 is 15.5 Å². The Balaban J connectivity index is 2.85. The maximum Gasteiger partial charge on any atom is 0.353 e. The number of aliphatic imine (C=N–C) groups is 1. The summed E-state index contributed by atoms with van der Waals surface area (Å²) in [5, 5.41) is 20.1. The highest BCUT2D eigenvalue weighted by molar-refractivity contribution is 5.79. The van der Waals surface area contributed by atoms with Crippen LogP contribution in [0, 0.1) is 0 Å². The molecule has 1 rings (SSSR count). The fraction of sp³-hybridized carbons (Fsp3) is 0.500. The van der Waals surface area contributed by atoms with Gasteiger partial charge in [0.15, 0.2) is 0 Å². The minimum atomic E-state index is -2.11. The predicted molar refractivity (Wildman–Crippen MR) is 37.2 cm³/mol. The number of nitrogens with zero attached hydrogens (tertiary/aromatic N) is 1. The van der Waals surface area contributed by atoms with Crippen LogP contribution in [-0.4, -0.2) is 22.5 Å². The quantitative estimate of drug-likeness (QED) is 0.401. The van der Waals surface area contributed by atoms with Crippen molar-refractivity contribution in [1.29, 1.82) is 0 Å². The zero-order valence-electron chi connectivity index (χ0n) is 5.92. The molecule has 0 unspecified atom stereocenters. The first kappa shape index (κ1) is 7.24. The van der Waals surface area contributed by atoms with Gasteiger partial charge in [0.1, 0.15) is 0 Å². The molecule has 0 fully saturated rings. The average molecular weight is 142 g/mol. The van der Waals surface area contributed by atoms with E-state index >= 15 is 0 Å². The molecule has 0 aliphatic carbocycles. The molecule has 0 aromatic carbocycles.